The molecule has 0 radical (unpaired) electrons. The summed E-state index contributed by atoms with van der Waals surface area (Å²) in [6.07, 6.45) is -9.47. The number of aliphatic hydroxyl groups excluding tert-OH is 3. The van der Waals surface area contributed by atoms with Crippen LogP contribution >= 0.6 is 0 Å². The molecule has 0 spiro atoms. The predicted molar refractivity (Wildman–Crippen MR) is 373 cm³/mol. The van der Waals surface area contributed by atoms with Crippen LogP contribution in [0.2, 0.25) is 0 Å². The molecule has 0 saturated carbocycles. The van der Waals surface area contributed by atoms with Gasteiger partial charge in [0.05, 0.1) is 44.7 Å². The molecule has 1 heterocycles. The number of rotatable bonds is 51. The van der Waals surface area contributed by atoms with Crippen LogP contribution in [-0.2, 0) is 95.9 Å². The topological polar surface area (TPSA) is 774 Å². The van der Waals surface area contributed by atoms with Gasteiger partial charge >= 0.3 is 35.8 Å². The number of carbonyl (C=O) groups excluding carboxylic acids is 14. The summed E-state index contributed by atoms with van der Waals surface area (Å²) in [4.78, 5) is 265. The average Bonchev–Trinajstić information content (AvgIpc) is 1.64. The molecule has 47 nitrogen and oxygen atoms in total. The molecular weight excluding hydrogens is 1470 g/mol. The summed E-state index contributed by atoms with van der Waals surface area (Å²) >= 11 is 0. The molecule has 15 atom stereocenters. The highest BCUT2D eigenvalue weighted by molar-refractivity contribution is 6.01. The Kier molecular flexibility index (Phi) is 42.1. The zero-order valence-electron chi connectivity index (χ0n) is 61.4. The van der Waals surface area contributed by atoms with E-state index in [4.69, 9.17) is 17.2 Å². The fourth-order valence-electron chi connectivity index (χ4n) is 10.3. The third-order valence-electron chi connectivity index (χ3n) is 16.1. The number of likely N-dealkylation sites (tertiary alicyclic amines) is 1. The minimum atomic E-state index is -2.14. The number of hydrogen-bond donors (Lipinski definition) is 25. The number of carboxylic acids is 6. The molecule has 618 valence electrons. The van der Waals surface area contributed by atoms with E-state index in [1.807, 2.05) is 10.6 Å². The molecule has 1 rings (SSSR count). The fourth-order valence-corrected chi connectivity index (χ4v) is 10.3. The number of guanidine groups is 1. The Morgan fingerprint density at radius 3 is 1.27 bits per heavy atom. The lowest BCUT2D eigenvalue weighted by Gasteiger charge is -2.29. The van der Waals surface area contributed by atoms with Crippen molar-refractivity contribution in [2.75, 3.05) is 32.8 Å². The standard InChI is InChI=1S/C63H102N18O29/c1-26(2)20-35(75-49(96)28(5)64)56(103)80-48(30(7)84)60(107)78-39(25-83)57(104)74-34(14-17-44(90)91)55(102)73-32(12-15-42(86)87)52(99)69-29(6)50(97)71-33(13-16-43(88)89)54(101)72-31(10-8-18-67-63(65)66)53(100)77-38(24-82)58(105)76-36(21-45(92)93)51(98)68-23-41(85)70-37(22-46(94)95)61(108)81-19-9-11-40(81)59(106)79-47(27(3)4)62(109)110/h26-40,47-48,82-84H,8-25,64H2,1-7H3,(H,68,98)(H,69,99)(H,70,85)(H,71,97)(H,72,101)(H,73,102)(H,74,104)(H,75,96)(H,76,105)(H,77,100)(H,78,107)(H,79,106)(H,80,103)(H,86,87)(H,88,89)(H,90,91)(H,92,93)(H,94,95)(H,109,110)(H4,65,66,67)/t28-,29-,30+,31-,32-,33-,34-,35-,36-,37-,38-,39-,40-,47-,48-/m0/s1. The van der Waals surface area contributed by atoms with Gasteiger partial charge in [0.15, 0.2) is 5.96 Å². The van der Waals surface area contributed by atoms with E-state index in [1.54, 1.807) is 13.8 Å². The maximum Gasteiger partial charge on any atom is 0.326 e. The lowest BCUT2D eigenvalue weighted by Crippen LogP contribution is -2.62. The monoisotopic (exact) mass is 1570 g/mol. The Hall–Kier alpha value is -11.5. The number of aliphatic hydroxyl groups is 3. The van der Waals surface area contributed by atoms with E-state index < -0.39 is 299 Å². The van der Waals surface area contributed by atoms with E-state index in [1.165, 1.54) is 20.8 Å². The largest absolute Gasteiger partial charge is 0.481 e. The van der Waals surface area contributed by atoms with Gasteiger partial charge in [-0.25, -0.2) is 4.79 Å². The minimum Gasteiger partial charge on any atom is -0.481 e. The van der Waals surface area contributed by atoms with Crippen LogP contribution in [0.25, 0.3) is 0 Å². The van der Waals surface area contributed by atoms with Gasteiger partial charge in [-0.15, -0.1) is 0 Å². The van der Waals surface area contributed by atoms with E-state index >= 15 is 0 Å². The maximum absolute atomic E-state index is 14.1. The first-order valence-corrected chi connectivity index (χ1v) is 34.5. The summed E-state index contributed by atoms with van der Waals surface area (Å²) in [5.41, 5.74) is 16.5. The molecule has 1 fully saturated rings. The van der Waals surface area contributed by atoms with E-state index in [-0.39, 0.29) is 44.7 Å². The van der Waals surface area contributed by atoms with E-state index in [9.17, 15) is 142 Å². The summed E-state index contributed by atoms with van der Waals surface area (Å²) in [5, 5.41) is 117. The highest BCUT2D eigenvalue weighted by Crippen LogP contribution is 2.21. The summed E-state index contributed by atoms with van der Waals surface area (Å²) in [5.74, 6) is -27.9. The van der Waals surface area contributed by atoms with Crippen molar-refractivity contribution in [3.63, 3.8) is 0 Å². The normalized spacial score (nSPS) is 16.2. The second-order valence-corrected chi connectivity index (χ2v) is 26.3. The predicted octanol–water partition coefficient (Wildman–Crippen LogP) is -11.0. The maximum atomic E-state index is 14.1. The zero-order chi connectivity index (χ0) is 84.1. The number of aliphatic carboxylic acids is 6. The average molecular weight is 1580 g/mol. The first-order valence-electron chi connectivity index (χ1n) is 34.5. The van der Waals surface area contributed by atoms with Crippen LogP contribution in [0.3, 0.4) is 0 Å². The van der Waals surface area contributed by atoms with Crippen LogP contribution < -0.4 is 86.3 Å². The lowest BCUT2D eigenvalue weighted by atomic mass is 10.0. The second-order valence-electron chi connectivity index (χ2n) is 26.3. The van der Waals surface area contributed by atoms with Crippen LogP contribution in [0, 0.1) is 11.8 Å². The summed E-state index contributed by atoms with van der Waals surface area (Å²) in [7, 11) is 0. The molecule has 0 aromatic heterocycles. The SMILES string of the molecule is CC(C)C[C@H](NC(=O)[C@H](C)N)C(=O)N[C@H](C(=O)N[C@@H](CO)C(=O)N[C@@H](CCC(=O)O)C(=O)N[C@@H](CCC(=O)O)C(=O)N[C@@H](C)C(=O)N[C@@H](CCC(=O)O)C(=O)N[C@@H](CCCN=C(N)N)C(=O)N[C@@H](CO)C(=O)N[C@@H](CC(=O)O)C(=O)NCC(=O)N[C@@H](CC(=O)O)C(=O)N1CCC[C@H]1C(=O)N[C@H](C(=O)O)C(C)C)[C@@H](C)O. The molecule has 1 saturated heterocycles. The highest BCUT2D eigenvalue weighted by atomic mass is 16.4. The van der Waals surface area contributed by atoms with Gasteiger partial charge in [-0.05, 0) is 84.0 Å². The molecule has 47 heteroatoms. The number of nitrogens with two attached hydrogens (primary N) is 3. The molecule has 1 aliphatic rings. The van der Waals surface area contributed by atoms with Gasteiger partial charge in [-0.1, -0.05) is 27.7 Å². The lowest BCUT2D eigenvalue weighted by molar-refractivity contribution is -0.147. The molecule has 0 aromatic rings. The fraction of sp³-hybridized carbons (Fsp3) is 0.667. The number of aliphatic imine (C=N–C) groups is 1. The van der Waals surface area contributed by atoms with Gasteiger partial charge in [0, 0.05) is 32.4 Å². The van der Waals surface area contributed by atoms with Crippen LogP contribution in [0.4, 0.5) is 0 Å². The van der Waals surface area contributed by atoms with Gasteiger partial charge in [-0.3, -0.25) is 96.1 Å². The van der Waals surface area contributed by atoms with Crippen molar-refractivity contribution >= 4 is 124 Å². The quantitative estimate of drug-likeness (QED) is 0.0153. The van der Waals surface area contributed by atoms with Gasteiger partial charge in [0.1, 0.15) is 78.5 Å². The number of carboxylic acid groups (broad SMARTS) is 6. The molecule has 1 aliphatic heterocycles. The highest BCUT2D eigenvalue weighted by Gasteiger charge is 2.42. The molecule has 0 bridgehead atoms. The van der Waals surface area contributed by atoms with Crippen molar-refractivity contribution in [1.29, 1.82) is 0 Å². The number of carbonyl (C=O) groups is 20. The number of amides is 14. The molecule has 110 heavy (non-hydrogen) atoms. The molecule has 0 aromatic carbocycles. The number of nitrogens with one attached hydrogen (secondary N) is 13. The third-order valence-corrected chi connectivity index (χ3v) is 16.1. The van der Waals surface area contributed by atoms with Gasteiger partial charge in [0.25, 0.3) is 0 Å². The summed E-state index contributed by atoms with van der Waals surface area (Å²) in [6.45, 7) is 5.73. The van der Waals surface area contributed by atoms with Crippen molar-refractivity contribution in [1.82, 2.24) is 74.0 Å². The summed E-state index contributed by atoms with van der Waals surface area (Å²) in [6, 6.07) is -24.7. The van der Waals surface area contributed by atoms with Crippen molar-refractivity contribution in [3.05, 3.63) is 0 Å². The zero-order valence-corrected chi connectivity index (χ0v) is 61.4. The number of nitrogens with zero attached hydrogens (tertiary/aromatic N) is 2. The molecule has 0 aliphatic carbocycles. The second kappa shape index (κ2) is 48.0. The molecule has 28 N–H and O–H groups in total. The Balaban J connectivity index is 3.49. The molecule has 0 unspecified atom stereocenters. The first-order chi connectivity index (χ1) is 51.2. The Morgan fingerprint density at radius 2 is 0.855 bits per heavy atom. The smallest absolute Gasteiger partial charge is 0.326 e. The Bertz CT molecular complexity index is 3350. The molecular formula is C63H102N18O29. The van der Waals surface area contributed by atoms with Crippen molar-refractivity contribution in [3.8, 4) is 0 Å². The van der Waals surface area contributed by atoms with E-state index in [2.05, 4.69) is 63.5 Å². The van der Waals surface area contributed by atoms with Crippen LogP contribution in [0.1, 0.15) is 132 Å². The van der Waals surface area contributed by atoms with E-state index in [0.29, 0.717) is 0 Å². The third kappa shape index (κ3) is 35.5. The van der Waals surface area contributed by atoms with Gasteiger partial charge < -0.3 is 137 Å². The Labute approximate surface area is 628 Å². The first kappa shape index (κ1) is 96.5. The van der Waals surface area contributed by atoms with Gasteiger partial charge in [0.2, 0.25) is 82.7 Å². The Morgan fingerprint density at radius 1 is 0.445 bits per heavy atom. The minimum absolute atomic E-state index is 0.0246. The van der Waals surface area contributed by atoms with Crippen molar-refractivity contribution in [2.24, 2.45) is 34.0 Å². The van der Waals surface area contributed by atoms with Crippen LogP contribution in [0.15, 0.2) is 4.99 Å². The van der Waals surface area contributed by atoms with Crippen LogP contribution in [0.5, 0.6) is 0 Å². The van der Waals surface area contributed by atoms with Crippen molar-refractivity contribution in [2.45, 2.75) is 223 Å². The van der Waals surface area contributed by atoms with Crippen LogP contribution in [-0.4, -0.2) is 299 Å². The number of hydrogen-bond acceptors (Lipinski definition) is 25. The van der Waals surface area contributed by atoms with Gasteiger partial charge in [-0.2, -0.15) is 0 Å². The summed E-state index contributed by atoms with van der Waals surface area (Å²) < 4.78 is 0. The van der Waals surface area contributed by atoms with E-state index in [0.717, 1.165) is 18.7 Å². The molecule has 14 amide bonds. The van der Waals surface area contributed by atoms with Crippen molar-refractivity contribution < 1.29 is 142 Å².